The number of nitrogens with zero attached hydrogens (tertiary/aromatic N) is 5. The van der Waals surface area contributed by atoms with Crippen LogP contribution < -0.4 is 10.2 Å². The maximum Gasteiger partial charge on any atom is 0.153 e. The number of hydrogen-bond donors (Lipinski definition) is 1. The zero-order valence-corrected chi connectivity index (χ0v) is 14.2. The van der Waals surface area contributed by atoms with Gasteiger partial charge < -0.3 is 10.2 Å². The first-order chi connectivity index (χ1) is 10.6. The Bertz CT molecular complexity index is 780. The Morgan fingerprint density at radius 2 is 2.05 bits per heavy atom. The highest BCUT2D eigenvalue weighted by atomic mass is 79.9. The summed E-state index contributed by atoms with van der Waals surface area (Å²) < 4.78 is 2.70. The van der Waals surface area contributed by atoms with Crippen molar-refractivity contribution >= 4 is 33.1 Å². The van der Waals surface area contributed by atoms with Gasteiger partial charge in [0.15, 0.2) is 5.82 Å². The fourth-order valence-electron chi connectivity index (χ4n) is 2.22. The van der Waals surface area contributed by atoms with E-state index in [0.717, 1.165) is 27.2 Å². The van der Waals surface area contributed by atoms with Crippen molar-refractivity contribution < 1.29 is 0 Å². The molecule has 1 N–H and O–H groups in total. The standard InChI is InChI=1S/C15H17BrN6/c1-10(11-4-5-13(18-8-11)21(2)3)20-15-14-12(16)9-19-22(14)7-6-17-15/h4-10H,1-3H3,(H,17,20). The van der Waals surface area contributed by atoms with Gasteiger partial charge in [-0.3, -0.25) is 0 Å². The fourth-order valence-corrected chi connectivity index (χ4v) is 2.68. The van der Waals surface area contributed by atoms with Gasteiger partial charge in [-0.1, -0.05) is 6.07 Å². The highest BCUT2D eigenvalue weighted by Gasteiger charge is 2.12. The summed E-state index contributed by atoms with van der Waals surface area (Å²) in [6, 6.07) is 4.17. The summed E-state index contributed by atoms with van der Waals surface area (Å²) in [5.41, 5.74) is 2.03. The summed E-state index contributed by atoms with van der Waals surface area (Å²) >= 11 is 3.51. The van der Waals surface area contributed by atoms with Crippen molar-refractivity contribution in [2.45, 2.75) is 13.0 Å². The number of pyridine rings is 1. The van der Waals surface area contributed by atoms with Gasteiger partial charge in [-0.05, 0) is 34.5 Å². The minimum Gasteiger partial charge on any atom is -0.363 e. The third-order valence-electron chi connectivity index (χ3n) is 3.47. The zero-order chi connectivity index (χ0) is 15.7. The second-order valence-electron chi connectivity index (χ2n) is 5.27. The number of fused-ring (bicyclic) bond motifs is 1. The molecule has 0 saturated carbocycles. The fraction of sp³-hybridized carbons (Fsp3) is 0.267. The molecule has 0 bridgehead atoms. The first-order valence-electron chi connectivity index (χ1n) is 6.94. The summed E-state index contributed by atoms with van der Waals surface area (Å²) in [7, 11) is 3.96. The van der Waals surface area contributed by atoms with Crippen LogP contribution in [0.2, 0.25) is 0 Å². The first-order valence-corrected chi connectivity index (χ1v) is 7.73. The second kappa shape index (κ2) is 5.92. The lowest BCUT2D eigenvalue weighted by Crippen LogP contribution is -2.12. The van der Waals surface area contributed by atoms with Crippen LogP contribution >= 0.6 is 15.9 Å². The average molecular weight is 361 g/mol. The number of aromatic nitrogens is 4. The van der Waals surface area contributed by atoms with Crippen molar-refractivity contribution in [2.24, 2.45) is 0 Å². The number of rotatable bonds is 4. The van der Waals surface area contributed by atoms with Gasteiger partial charge >= 0.3 is 0 Å². The van der Waals surface area contributed by atoms with E-state index in [1.54, 1.807) is 16.9 Å². The molecule has 0 saturated heterocycles. The molecular formula is C15H17BrN6. The molecule has 22 heavy (non-hydrogen) atoms. The quantitative estimate of drug-likeness (QED) is 0.774. The van der Waals surface area contributed by atoms with E-state index in [1.165, 1.54) is 0 Å². The van der Waals surface area contributed by atoms with Crippen LogP contribution in [0.5, 0.6) is 0 Å². The number of halogens is 1. The number of nitrogens with one attached hydrogen (secondary N) is 1. The minimum absolute atomic E-state index is 0.0872. The third-order valence-corrected chi connectivity index (χ3v) is 4.05. The van der Waals surface area contributed by atoms with Gasteiger partial charge in [0.05, 0.1) is 16.7 Å². The van der Waals surface area contributed by atoms with E-state index >= 15 is 0 Å². The predicted molar refractivity (Wildman–Crippen MR) is 91.3 cm³/mol. The number of hydrogen-bond acceptors (Lipinski definition) is 5. The van der Waals surface area contributed by atoms with E-state index in [0.29, 0.717) is 0 Å². The molecule has 114 valence electrons. The van der Waals surface area contributed by atoms with Crippen LogP contribution in [-0.4, -0.2) is 33.7 Å². The molecule has 0 radical (unpaired) electrons. The van der Waals surface area contributed by atoms with Crippen molar-refractivity contribution in [1.29, 1.82) is 0 Å². The average Bonchev–Trinajstić information content (AvgIpc) is 2.90. The Kier molecular flexibility index (Phi) is 3.98. The molecule has 0 aliphatic rings. The molecule has 0 aliphatic carbocycles. The van der Waals surface area contributed by atoms with Gasteiger partial charge in [0.1, 0.15) is 11.3 Å². The monoisotopic (exact) mass is 360 g/mol. The SMILES string of the molecule is CC(Nc1nccn2ncc(Br)c12)c1ccc(N(C)C)nc1. The van der Waals surface area contributed by atoms with Crippen molar-refractivity contribution in [3.05, 3.63) is 47.0 Å². The van der Waals surface area contributed by atoms with Gasteiger partial charge in [0.2, 0.25) is 0 Å². The van der Waals surface area contributed by atoms with Crippen LogP contribution in [-0.2, 0) is 0 Å². The molecule has 7 heteroatoms. The van der Waals surface area contributed by atoms with Crippen LogP contribution in [0.3, 0.4) is 0 Å². The van der Waals surface area contributed by atoms with Crippen LogP contribution in [0.1, 0.15) is 18.5 Å². The van der Waals surface area contributed by atoms with Crippen molar-refractivity contribution in [3.63, 3.8) is 0 Å². The molecule has 0 spiro atoms. The molecule has 3 rings (SSSR count). The molecule has 6 nitrogen and oxygen atoms in total. The molecule has 0 fully saturated rings. The zero-order valence-electron chi connectivity index (χ0n) is 12.7. The first kappa shape index (κ1) is 14.8. The van der Waals surface area contributed by atoms with E-state index in [9.17, 15) is 0 Å². The molecule has 0 aliphatic heterocycles. The second-order valence-corrected chi connectivity index (χ2v) is 6.13. The lowest BCUT2D eigenvalue weighted by atomic mass is 10.1. The lowest BCUT2D eigenvalue weighted by Gasteiger charge is -2.17. The summed E-state index contributed by atoms with van der Waals surface area (Å²) in [4.78, 5) is 10.8. The maximum atomic E-state index is 4.45. The van der Waals surface area contributed by atoms with Crippen LogP contribution in [0.25, 0.3) is 5.52 Å². The molecule has 3 aromatic heterocycles. The maximum absolute atomic E-state index is 4.45. The summed E-state index contributed by atoms with van der Waals surface area (Å²) in [6.45, 7) is 2.09. The van der Waals surface area contributed by atoms with E-state index in [1.807, 2.05) is 37.5 Å². The van der Waals surface area contributed by atoms with E-state index < -0.39 is 0 Å². The molecule has 0 aromatic carbocycles. The third kappa shape index (κ3) is 2.76. The lowest BCUT2D eigenvalue weighted by molar-refractivity contribution is 0.857. The van der Waals surface area contributed by atoms with E-state index in [4.69, 9.17) is 0 Å². The molecule has 3 heterocycles. The van der Waals surface area contributed by atoms with Gasteiger partial charge in [0.25, 0.3) is 0 Å². The molecule has 3 aromatic rings. The Morgan fingerprint density at radius 1 is 1.23 bits per heavy atom. The van der Waals surface area contributed by atoms with Gasteiger partial charge in [-0.2, -0.15) is 5.10 Å². The van der Waals surface area contributed by atoms with E-state index in [2.05, 4.69) is 49.3 Å². The summed E-state index contributed by atoms with van der Waals surface area (Å²) in [5, 5.41) is 7.68. The Morgan fingerprint density at radius 3 is 2.73 bits per heavy atom. The Hall–Kier alpha value is -2.15. The van der Waals surface area contributed by atoms with Gasteiger partial charge in [0, 0.05) is 32.7 Å². The van der Waals surface area contributed by atoms with Gasteiger partial charge in [-0.25, -0.2) is 14.5 Å². The Labute approximate surface area is 137 Å². The highest BCUT2D eigenvalue weighted by Crippen LogP contribution is 2.26. The number of anilines is 2. The van der Waals surface area contributed by atoms with Crippen molar-refractivity contribution in [1.82, 2.24) is 19.6 Å². The smallest absolute Gasteiger partial charge is 0.153 e. The molecular weight excluding hydrogens is 344 g/mol. The predicted octanol–water partition coefficient (Wildman–Crippen LogP) is 3.13. The van der Waals surface area contributed by atoms with Crippen molar-refractivity contribution in [2.75, 3.05) is 24.3 Å². The highest BCUT2D eigenvalue weighted by molar-refractivity contribution is 9.10. The van der Waals surface area contributed by atoms with Crippen LogP contribution in [0.4, 0.5) is 11.6 Å². The topological polar surface area (TPSA) is 58.4 Å². The largest absolute Gasteiger partial charge is 0.363 e. The normalized spacial score (nSPS) is 12.4. The molecule has 1 unspecified atom stereocenters. The van der Waals surface area contributed by atoms with E-state index in [-0.39, 0.29) is 6.04 Å². The Balaban J connectivity index is 1.86. The van der Waals surface area contributed by atoms with Gasteiger partial charge in [-0.15, -0.1) is 0 Å². The molecule has 1 atom stereocenters. The van der Waals surface area contributed by atoms with Crippen LogP contribution in [0.15, 0.2) is 41.4 Å². The summed E-state index contributed by atoms with van der Waals surface area (Å²) in [6.07, 6.45) is 7.21. The minimum atomic E-state index is 0.0872. The molecule has 0 amide bonds. The van der Waals surface area contributed by atoms with Crippen molar-refractivity contribution in [3.8, 4) is 0 Å². The van der Waals surface area contributed by atoms with Crippen LogP contribution in [0, 0.1) is 0 Å². The summed E-state index contributed by atoms with van der Waals surface area (Å²) in [5.74, 6) is 1.73.